The van der Waals surface area contributed by atoms with Gasteiger partial charge >= 0.3 is 0 Å². The topological polar surface area (TPSA) is 44.5 Å². The van der Waals surface area contributed by atoms with Crippen LogP contribution in [0.2, 0.25) is 0 Å². The summed E-state index contributed by atoms with van der Waals surface area (Å²) in [6, 6.07) is 4.23. The molecule has 14 heavy (non-hydrogen) atoms. The van der Waals surface area contributed by atoms with Crippen LogP contribution in [0.5, 0.6) is 0 Å². The third kappa shape index (κ3) is 4.72. The van der Waals surface area contributed by atoms with Crippen molar-refractivity contribution in [3.05, 3.63) is 22.4 Å². The second-order valence-electron chi connectivity index (χ2n) is 3.11. The summed E-state index contributed by atoms with van der Waals surface area (Å²) in [5.41, 5.74) is 5.89. The van der Waals surface area contributed by atoms with Crippen LogP contribution in [0, 0.1) is 0 Å². The molecule has 1 aromatic rings. The van der Waals surface area contributed by atoms with Gasteiger partial charge in [-0.25, -0.2) is 0 Å². The predicted molar refractivity (Wildman–Crippen MR) is 58.7 cm³/mol. The van der Waals surface area contributed by atoms with Gasteiger partial charge in [0.2, 0.25) is 0 Å². The van der Waals surface area contributed by atoms with Crippen LogP contribution in [0.25, 0.3) is 0 Å². The van der Waals surface area contributed by atoms with Crippen LogP contribution in [-0.2, 0) is 15.9 Å². The van der Waals surface area contributed by atoms with Crippen LogP contribution in [0.1, 0.15) is 4.88 Å². The summed E-state index contributed by atoms with van der Waals surface area (Å²) >= 11 is 1.73. The third-order valence-electron chi connectivity index (χ3n) is 1.81. The fourth-order valence-corrected chi connectivity index (χ4v) is 1.92. The van der Waals surface area contributed by atoms with E-state index in [0.29, 0.717) is 19.8 Å². The van der Waals surface area contributed by atoms with Gasteiger partial charge in [-0.3, -0.25) is 0 Å². The molecule has 4 heteroatoms. The molecule has 0 spiro atoms. The Morgan fingerprint density at radius 3 is 3.00 bits per heavy atom. The highest BCUT2D eigenvalue weighted by Gasteiger charge is 2.04. The van der Waals surface area contributed by atoms with E-state index in [4.69, 9.17) is 15.2 Å². The molecular weight excluding hydrogens is 198 g/mol. The monoisotopic (exact) mass is 215 g/mol. The van der Waals surface area contributed by atoms with Crippen LogP contribution in [0.3, 0.4) is 0 Å². The summed E-state index contributed by atoms with van der Waals surface area (Å²) in [6.45, 7) is 1.85. The van der Waals surface area contributed by atoms with E-state index < -0.39 is 0 Å². The molecule has 0 aliphatic carbocycles. The lowest BCUT2D eigenvalue weighted by atomic mass is 10.2. The second kappa shape index (κ2) is 6.95. The number of rotatable bonds is 7. The van der Waals surface area contributed by atoms with Gasteiger partial charge < -0.3 is 15.2 Å². The number of hydrogen-bond donors (Lipinski definition) is 1. The second-order valence-corrected chi connectivity index (χ2v) is 4.14. The fraction of sp³-hybridized carbons (Fsp3) is 0.600. The smallest absolute Gasteiger partial charge is 0.0701 e. The molecule has 1 rings (SSSR count). The number of methoxy groups -OCH3 is 1. The number of thiophene rings is 1. The molecule has 1 unspecified atom stereocenters. The summed E-state index contributed by atoms with van der Waals surface area (Å²) in [5, 5.41) is 2.06. The van der Waals surface area contributed by atoms with Crippen molar-refractivity contribution in [2.24, 2.45) is 5.73 Å². The fourth-order valence-electron chi connectivity index (χ4n) is 1.12. The molecule has 3 nitrogen and oxygen atoms in total. The number of hydrogen-bond acceptors (Lipinski definition) is 4. The van der Waals surface area contributed by atoms with E-state index >= 15 is 0 Å². The minimum Gasteiger partial charge on any atom is -0.382 e. The van der Waals surface area contributed by atoms with Crippen molar-refractivity contribution in [1.29, 1.82) is 0 Å². The molecule has 0 radical (unpaired) electrons. The lowest BCUT2D eigenvalue weighted by Crippen LogP contribution is -2.28. The van der Waals surface area contributed by atoms with Crippen molar-refractivity contribution in [3.63, 3.8) is 0 Å². The first-order valence-electron chi connectivity index (χ1n) is 4.67. The lowest BCUT2D eigenvalue weighted by molar-refractivity contribution is 0.0638. The molecule has 1 atom stereocenters. The summed E-state index contributed by atoms with van der Waals surface area (Å²) in [5.74, 6) is 0. The van der Waals surface area contributed by atoms with Crippen molar-refractivity contribution in [3.8, 4) is 0 Å². The van der Waals surface area contributed by atoms with Crippen molar-refractivity contribution in [2.45, 2.75) is 12.5 Å². The summed E-state index contributed by atoms with van der Waals surface area (Å²) in [7, 11) is 1.66. The first-order chi connectivity index (χ1) is 6.83. The Kier molecular flexibility index (Phi) is 5.78. The maximum Gasteiger partial charge on any atom is 0.0701 e. The van der Waals surface area contributed by atoms with Crippen LogP contribution in [0.4, 0.5) is 0 Å². The number of ether oxygens (including phenoxy) is 2. The minimum absolute atomic E-state index is 0.0884. The molecule has 0 bridgehead atoms. The van der Waals surface area contributed by atoms with Crippen molar-refractivity contribution >= 4 is 11.3 Å². The zero-order chi connectivity index (χ0) is 10.2. The quantitative estimate of drug-likeness (QED) is 0.697. The minimum atomic E-state index is 0.0884. The maximum atomic E-state index is 5.89. The highest BCUT2D eigenvalue weighted by Crippen LogP contribution is 2.10. The van der Waals surface area contributed by atoms with Gasteiger partial charge in [0.15, 0.2) is 0 Å². The zero-order valence-corrected chi connectivity index (χ0v) is 9.26. The Morgan fingerprint density at radius 2 is 2.36 bits per heavy atom. The van der Waals surface area contributed by atoms with E-state index in [9.17, 15) is 0 Å². The number of nitrogens with two attached hydrogens (primary N) is 1. The average Bonchev–Trinajstić information content (AvgIpc) is 2.65. The molecule has 1 heterocycles. The maximum absolute atomic E-state index is 5.89. The Balaban J connectivity index is 2.07. The van der Waals surface area contributed by atoms with Gasteiger partial charge in [0.1, 0.15) is 0 Å². The van der Waals surface area contributed by atoms with Crippen LogP contribution in [0.15, 0.2) is 17.5 Å². The Morgan fingerprint density at radius 1 is 1.50 bits per heavy atom. The van der Waals surface area contributed by atoms with Crippen molar-refractivity contribution < 1.29 is 9.47 Å². The van der Waals surface area contributed by atoms with Crippen molar-refractivity contribution in [2.75, 3.05) is 26.9 Å². The van der Waals surface area contributed by atoms with Crippen LogP contribution in [-0.4, -0.2) is 33.0 Å². The van der Waals surface area contributed by atoms with E-state index in [1.807, 2.05) is 6.07 Å². The molecule has 0 saturated heterocycles. The summed E-state index contributed by atoms with van der Waals surface area (Å²) in [6.07, 6.45) is 0.894. The zero-order valence-electron chi connectivity index (χ0n) is 8.44. The molecule has 0 saturated carbocycles. The van der Waals surface area contributed by atoms with Crippen LogP contribution < -0.4 is 5.73 Å². The largest absolute Gasteiger partial charge is 0.382 e. The van der Waals surface area contributed by atoms with E-state index in [1.165, 1.54) is 4.88 Å². The molecule has 0 amide bonds. The Hall–Kier alpha value is -0.420. The van der Waals surface area contributed by atoms with E-state index in [-0.39, 0.29) is 6.04 Å². The lowest BCUT2D eigenvalue weighted by Gasteiger charge is -2.10. The molecule has 0 aromatic carbocycles. The van der Waals surface area contributed by atoms with Crippen LogP contribution >= 0.6 is 11.3 Å². The molecular formula is C10H17NO2S. The predicted octanol–water partition coefficient (Wildman–Crippen LogP) is 1.28. The third-order valence-corrected chi connectivity index (χ3v) is 2.71. The average molecular weight is 215 g/mol. The Bertz CT molecular complexity index is 226. The highest BCUT2D eigenvalue weighted by atomic mass is 32.1. The molecule has 0 aliphatic heterocycles. The van der Waals surface area contributed by atoms with Gasteiger partial charge in [-0.2, -0.15) is 0 Å². The van der Waals surface area contributed by atoms with Gasteiger partial charge in [-0.1, -0.05) is 6.07 Å². The van der Waals surface area contributed by atoms with Gasteiger partial charge in [0, 0.05) is 18.0 Å². The van der Waals surface area contributed by atoms with E-state index in [0.717, 1.165) is 6.42 Å². The molecule has 2 N–H and O–H groups in total. The summed E-state index contributed by atoms with van der Waals surface area (Å²) in [4.78, 5) is 1.31. The Labute approximate surface area is 88.8 Å². The normalized spacial score (nSPS) is 13.0. The first kappa shape index (κ1) is 11.7. The van der Waals surface area contributed by atoms with E-state index in [2.05, 4.69) is 11.4 Å². The SMILES string of the molecule is COCCOCC(N)Cc1cccs1. The first-order valence-corrected chi connectivity index (χ1v) is 5.55. The molecule has 0 fully saturated rings. The van der Waals surface area contributed by atoms with E-state index in [1.54, 1.807) is 18.4 Å². The summed E-state index contributed by atoms with van der Waals surface area (Å²) < 4.78 is 10.2. The molecule has 1 aromatic heterocycles. The van der Waals surface area contributed by atoms with Gasteiger partial charge in [0.25, 0.3) is 0 Å². The molecule has 0 aliphatic rings. The standard InChI is InChI=1S/C10H17NO2S/c1-12-4-5-13-8-9(11)7-10-3-2-6-14-10/h2-3,6,9H,4-5,7-8,11H2,1H3. The van der Waals surface area contributed by atoms with Gasteiger partial charge in [-0.15, -0.1) is 11.3 Å². The van der Waals surface area contributed by atoms with Gasteiger partial charge in [0.05, 0.1) is 19.8 Å². The highest BCUT2D eigenvalue weighted by molar-refractivity contribution is 7.09. The van der Waals surface area contributed by atoms with Crippen molar-refractivity contribution in [1.82, 2.24) is 0 Å². The van der Waals surface area contributed by atoms with Gasteiger partial charge in [-0.05, 0) is 17.9 Å². The molecule has 80 valence electrons.